The average Bonchev–Trinajstić information content (AvgIpc) is 1.79. The zero-order valence-corrected chi connectivity index (χ0v) is 8.76. The Labute approximate surface area is 72.5 Å². The zero-order valence-electron chi connectivity index (χ0n) is 6.07. The molecule has 0 saturated carbocycles. The molecule has 0 aliphatic carbocycles. The van der Waals surface area contributed by atoms with E-state index in [1.807, 2.05) is 0 Å². The highest BCUT2D eigenvalue weighted by Gasteiger charge is 2.33. The van der Waals surface area contributed by atoms with E-state index in [2.05, 4.69) is 38.3 Å². The lowest BCUT2D eigenvalue weighted by atomic mass is 9.97. The van der Waals surface area contributed by atoms with Crippen LogP contribution in [0.4, 0.5) is 0 Å². The molecule has 1 radical (unpaired) electrons. The normalized spacial score (nSPS) is 30.0. The van der Waals surface area contributed by atoms with Crippen LogP contribution < -0.4 is 0 Å². The van der Waals surface area contributed by atoms with Gasteiger partial charge in [0, 0.05) is 5.41 Å². The minimum Gasteiger partial charge on any atom is -0.325 e. The Morgan fingerprint density at radius 2 is 1.60 bits per heavy atom. The van der Waals surface area contributed by atoms with Gasteiger partial charge in [-0.2, -0.15) is 0 Å². The molecular formula is C5H12O2PS2. The van der Waals surface area contributed by atoms with Crippen LogP contribution in [0.25, 0.3) is 0 Å². The van der Waals surface area contributed by atoms with Crippen molar-refractivity contribution in [2.75, 3.05) is 13.2 Å². The molecular weight excluding hydrogens is 187 g/mol. The van der Waals surface area contributed by atoms with E-state index < -0.39 is 6.12 Å². The van der Waals surface area contributed by atoms with E-state index in [4.69, 9.17) is 9.05 Å². The summed E-state index contributed by atoms with van der Waals surface area (Å²) >= 11 is 8.25. The van der Waals surface area contributed by atoms with E-state index in [1.165, 1.54) is 0 Å². The van der Waals surface area contributed by atoms with E-state index in [1.54, 1.807) is 0 Å². The molecule has 5 heteroatoms. The van der Waals surface area contributed by atoms with Gasteiger partial charge in [-0.25, -0.2) is 0 Å². The Kier molecular flexibility index (Phi) is 2.59. The van der Waals surface area contributed by atoms with Gasteiger partial charge in [-0.3, -0.25) is 0 Å². The average molecular weight is 199 g/mol. The fraction of sp³-hybridized carbons (Fsp3) is 1.00. The monoisotopic (exact) mass is 199 g/mol. The van der Waals surface area contributed by atoms with Gasteiger partial charge >= 0.3 is 0 Å². The number of thiol groups is 2. The Balaban J connectivity index is 2.46. The second kappa shape index (κ2) is 2.83. The van der Waals surface area contributed by atoms with Crippen molar-refractivity contribution in [1.29, 1.82) is 0 Å². The molecule has 0 spiro atoms. The first-order valence-electron chi connectivity index (χ1n) is 3.05. The molecule has 2 nitrogen and oxygen atoms in total. The maximum atomic E-state index is 5.30. The van der Waals surface area contributed by atoms with Crippen molar-refractivity contribution < 1.29 is 9.05 Å². The smallest absolute Gasteiger partial charge is 0.210 e. The molecule has 1 saturated heterocycles. The first-order chi connectivity index (χ1) is 4.41. The second-order valence-corrected chi connectivity index (χ2v) is 8.81. The van der Waals surface area contributed by atoms with Crippen molar-refractivity contribution in [2.24, 2.45) is 5.41 Å². The first kappa shape index (κ1) is 9.14. The summed E-state index contributed by atoms with van der Waals surface area (Å²) in [5.41, 5.74) is 0.120. The molecule has 0 aromatic carbocycles. The molecule has 10 heavy (non-hydrogen) atoms. The molecule has 0 atom stereocenters. The fourth-order valence-electron chi connectivity index (χ4n) is 0.597. The summed E-state index contributed by atoms with van der Waals surface area (Å²) in [6, 6.07) is 0. The largest absolute Gasteiger partial charge is 0.325 e. The predicted octanol–water partition coefficient (Wildman–Crippen LogP) is 2.60. The van der Waals surface area contributed by atoms with Crippen LogP contribution in [-0.2, 0) is 9.05 Å². The molecule has 61 valence electrons. The standard InChI is InChI=1S/C5H12O2PS2/c1-5(2)3-6-8(9,10)7-4-5/h9-10H,3-4H2,1-2H3. The van der Waals surface area contributed by atoms with Gasteiger partial charge in [0.05, 0.1) is 13.2 Å². The number of hydrogen-bond donors (Lipinski definition) is 2. The third-order valence-electron chi connectivity index (χ3n) is 1.25. The van der Waals surface area contributed by atoms with Crippen molar-refractivity contribution in [2.45, 2.75) is 13.8 Å². The zero-order chi connectivity index (χ0) is 7.83. The van der Waals surface area contributed by atoms with E-state index in [0.717, 1.165) is 0 Å². The molecule has 1 fully saturated rings. The van der Waals surface area contributed by atoms with Gasteiger partial charge in [0.25, 0.3) is 0 Å². The van der Waals surface area contributed by atoms with Crippen LogP contribution in [0.5, 0.6) is 0 Å². The van der Waals surface area contributed by atoms with Crippen molar-refractivity contribution in [3.05, 3.63) is 0 Å². The van der Waals surface area contributed by atoms with Crippen molar-refractivity contribution >= 4 is 30.6 Å². The van der Waals surface area contributed by atoms with E-state index >= 15 is 0 Å². The van der Waals surface area contributed by atoms with Crippen LogP contribution in [0.15, 0.2) is 0 Å². The summed E-state index contributed by atoms with van der Waals surface area (Å²) in [6.07, 6.45) is -2.03. The summed E-state index contributed by atoms with van der Waals surface area (Å²) < 4.78 is 10.6. The predicted molar refractivity (Wildman–Crippen MR) is 50.6 cm³/mol. The van der Waals surface area contributed by atoms with Gasteiger partial charge in [-0.15, -0.1) is 0 Å². The summed E-state index contributed by atoms with van der Waals surface area (Å²) in [5, 5.41) is 0. The third-order valence-corrected chi connectivity index (χ3v) is 3.56. The maximum absolute atomic E-state index is 5.30. The minimum atomic E-state index is -2.03. The van der Waals surface area contributed by atoms with E-state index in [0.29, 0.717) is 13.2 Å². The lowest BCUT2D eigenvalue weighted by Crippen LogP contribution is -2.28. The molecule has 1 aliphatic heterocycles. The Hall–Kier alpha value is 1.05. The van der Waals surface area contributed by atoms with Crippen LogP contribution in [0.3, 0.4) is 0 Å². The lowest BCUT2D eigenvalue weighted by Gasteiger charge is -2.38. The minimum absolute atomic E-state index is 0.120. The van der Waals surface area contributed by atoms with Crippen LogP contribution in [0, 0.1) is 5.41 Å². The molecule has 0 aromatic rings. The van der Waals surface area contributed by atoms with Crippen LogP contribution in [0.2, 0.25) is 0 Å². The summed E-state index contributed by atoms with van der Waals surface area (Å²) in [5.74, 6) is 0. The van der Waals surface area contributed by atoms with Crippen LogP contribution in [-0.4, -0.2) is 13.2 Å². The third kappa shape index (κ3) is 2.59. The van der Waals surface area contributed by atoms with Crippen LogP contribution >= 0.6 is 30.6 Å². The van der Waals surface area contributed by atoms with Crippen molar-refractivity contribution in [3.63, 3.8) is 0 Å². The highest BCUT2D eigenvalue weighted by molar-refractivity contribution is 8.82. The molecule has 0 bridgehead atoms. The Bertz CT molecular complexity index is 110. The molecule has 0 aromatic heterocycles. The van der Waals surface area contributed by atoms with Gasteiger partial charge < -0.3 is 9.05 Å². The highest BCUT2D eigenvalue weighted by Crippen LogP contribution is 2.72. The second-order valence-electron chi connectivity index (χ2n) is 3.20. The SMILES string of the molecule is CC1(C)CO[P](S)(S)OC1. The number of hydrogen-bond acceptors (Lipinski definition) is 4. The Morgan fingerprint density at radius 3 is 1.90 bits per heavy atom. The lowest BCUT2D eigenvalue weighted by molar-refractivity contribution is 0.0660. The fourth-order valence-corrected chi connectivity index (χ4v) is 2.40. The summed E-state index contributed by atoms with van der Waals surface area (Å²) in [6.45, 7) is 5.56. The highest BCUT2D eigenvalue weighted by atomic mass is 33.1. The van der Waals surface area contributed by atoms with Gasteiger partial charge in [0.15, 0.2) is 0 Å². The molecule has 1 rings (SSSR count). The van der Waals surface area contributed by atoms with Crippen LogP contribution in [0.1, 0.15) is 13.8 Å². The molecule has 1 heterocycles. The quantitative estimate of drug-likeness (QED) is 0.461. The first-order valence-corrected chi connectivity index (χ1v) is 6.98. The van der Waals surface area contributed by atoms with Gasteiger partial charge in [0.1, 0.15) is 0 Å². The van der Waals surface area contributed by atoms with Gasteiger partial charge in [-0.05, 0) is 0 Å². The Morgan fingerprint density at radius 1 is 1.20 bits per heavy atom. The summed E-state index contributed by atoms with van der Waals surface area (Å²) in [7, 11) is 0. The van der Waals surface area contributed by atoms with E-state index in [9.17, 15) is 0 Å². The van der Waals surface area contributed by atoms with E-state index in [-0.39, 0.29) is 5.41 Å². The molecule has 0 amide bonds. The van der Waals surface area contributed by atoms with Gasteiger partial charge in [0.2, 0.25) is 6.12 Å². The molecule has 0 unspecified atom stereocenters. The number of rotatable bonds is 0. The summed E-state index contributed by atoms with van der Waals surface area (Å²) in [4.78, 5) is 0. The molecule has 1 aliphatic rings. The van der Waals surface area contributed by atoms with Gasteiger partial charge in [-0.1, -0.05) is 38.3 Å². The topological polar surface area (TPSA) is 18.5 Å². The van der Waals surface area contributed by atoms with Crippen molar-refractivity contribution in [1.82, 2.24) is 0 Å². The van der Waals surface area contributed by atoms with Crippen molar-refractivity contribution in [3.8, 4) is 0 Å². The maximum Gasteiger partial charge on any atom is 0.210 e. The molecule has 0 N–H and O–H groups in total.